The Bertz CT molecular complexity index is 681. The summed E-state index contributed by atoms with van der Waals surface area (Å²) < 4.78 is 5.84. The average molecular weight is 326 g/mol. The highest BCUT2D eigenvalue weighted by molar-refractivity contribution is 5.76. The van der Waals surface area contributed by atoms with E-state index in [0.29, 0.717) is 36.5 Å². The number of amides is 1. The maximum Gasteiger partial charge on any atom is 0.220 e. The molecule has 0 unspecified atom stereocenters. The molecule has 1 heterocycles. The van der Waals surface area contributed by atoms with Crippen molar-refractivity contribution in [2.75, 3.05) is 13.2 Å². The maximum absolute atomic E-state index is 12.3. The number of nitrogens with zero attached hydrogens (tertiary/aromatic N) is 1. The smallest absolute Gasteiger partial charge is 0.220 e. The lowest BCUT2D eigenvalue weighted by molar-refractivity contribution is -0.156. The number of rotatable bonds is 5. The van der Waals surface area contributed by atoms with E-state index in [1.165, 1.54) is 32.1 Å². The highest BCUT2D eigenvalue weighted by atomic mass is 16.5. The Kier molecular flexibility index (Phi) is 3.85. The first-order valence-corrected chi connectivity index (χ1v) is 9.05. The van der Waals surface area contributed by atoms with Gasteiger partial charge in [0.25, 0.3) is 0 Å². The molecule has 4 heteroatoms. The third-order valence-corrected chi connectivity index (χ3v) is 6.30. The Morgan fingerprint density at radius 1 is 1.38 bits per heavy atom. The quantitative estimate of drug-likeness (QED) is 0.900. The Morgan fingerprint density at radius 2 is 2.17 bits per heavy atom. The third kappa shape index (κ3) is 2.71. The third-order valence-electron chi connectivity index (χ3n) is 6.30. The van der Waals surface area contributed by atoms with Crippen LogP contribution in [0.3, 0.4) is 0 Å². The molecule has 1 aliphatic heterocycles. The number of benzene rings is 1. The van der Waals surface area contributed by atoms with Gasteiger partial charge in [0.2, 0.25) is 5.91 Å². The molecule has 2 aliphatic carbocycles. The molecule has 1 saturated heterocycles. The van der Waals surface area contributed by atoms with Crippen LogP contribution in [0.25, 0.3) is 0 Å². The topological polar surface area (TPSA) is 62.1 Å². The van der Waals surface area contributed by atoms with E-state index in [1.807, 2.05) is 18.2 Å². The molecule has 1 atom stereocenters. The molecule has 24 heavy (non-hydrogen) atoms. The van der Waals surface area contributed by atoms with Crippen LogP contribution < -0.4 is 5.32 Å². The van der Waals surface area contributed by atoms with Gasteiger partial charge >= 0.3 is 0 Å². The zero-order valence-corrected chi connectivity index (χ0v) is 14.0. The summed E-state index contributed by atoms with van der Waals surface area (Å²) in [6.07, 6.45) is 8.14. The van der Waals surface area contributed by atoms with Gasteiger partial charge in [0.1, 0.15) is 5.60 Å². The largest absolute Gasteiger partial charge is 0.368 e. The standard InChI is InChI=1S/C20H24N2O2.H2/c21-13-15-3-1-4-17(9-15)20(7-8-24-20)14-22-18(23)10-16-11-19(12-16)5-2-6-19;/h1,3-4,9,16H,2,5-8,10-12,14H2,(H,22,23);1H/t20-;/m1./s1. The first kappa shape index (κ1) is 15.7. The molecule has 1 amide bonds. The maximum atomic E-state index is 12.3. The van der Waals surface area contributed by atoms with Crippen LogP contribution in [0.2, 0.25) is 0 Å². The van der Waals surface area contributed by atoms with E-state index in [0.717, 1.165) is 12.0 Å². The van der Waals surface area contributed by atoms with Gasteiger partial charge in [-0.3, -0.25) is 4.79 Å². The molecule has 128 valence electrons. The first-order chi connectivity index (χ1) is 11.6. The molecule has 0 bridgehead atoms. The molecule has 3 fully saturated rings. The number of hydrogen-bond acceptors (Lipinski definition) is 3. The lowest BCUT2D eigenvalue weighted by atomic mass is 9.51. The fourth-order valence-electron chi connectivity index (χ4n) is 4.66. The fraction of sp³-hybridized carbons (Fsp3) is 0.600. The SMILES string of the molecule is N#Cc1cccc([C@]2(CNC(=O)CC3CC4(CCC4)C3)CCO2)c1.[HH]. The summed E-state index contributed by atoms with van der Waals surface area (Å²) in [5, 5.41) is 12.2. The minimum Gasteiger partial charge on any atom is -0.368 e. The minimum absolute atomic E-state index is 0. The molecule has 1 N–H and O–H groups in total. The highest BCUT2D eigenvalue weighted by Gasteiger charge is 2.48. The molecule has 1 aromatic carbocycles. The van der Waals surface area contributed by atoms with E-state index in [4.69, 9.17) is 10.00 Å². The number of hydrogen-bond donors (Lipinski definition) is 1. The molecular formula is C20H26N2O2. The van der Waals surface area contributed by atoms with Gasteiger partial charge in [-0.15, -0.1) is 0 Å². The van der Waals surface area contributed by atoms with Gasteiger partial charge in [-0.1, -0.05) is 18.6 Å². The van der Waals surface area contributed by atoms with Crippen molar-refractivity contribution < 1.29 is 11.0 Å². The van der Waals surface area contributed by atoms with E-state index < -0.39 is 5.60 Å². The van der Waals surface area contributed by atoms with E-state index in [1.54, 1.807) is 6.07 Å². The monoisotopic (exact) mass is 326 g/mol. The van der Waals surface area contributed by atoms with Crippen molar-refractivity contribution >= 4 is 5.91 Å². The molecule has 0 radical (unpaired) electrons. The van der Waals surface area contributed by atoms with Gasteiger partial charge < -0.3 is 10.1 Å². The van der Waals surface area contributed by atoms with Gasteiger partial charge in [-0.25, -0.2) is 0 Å². The van der Waals surface area contributed by atoms with Crippen molar-refractivity contribution in [3.05, 3.63) is 35.4 Å². The molecular weight excluding hydrogens is 300 g/mol. The predicted molar refractivity (Wildman–Crippen MR) is 92.2 cm³/mol. The van der Waals surface area contributed by atoms with E-state index in [9.17, 15) is 4.79 Å². The van der Waals surface area contributed by atoms with Crippen molar-refractivity contribution in [1.29, 1.82) is 5.26 Å². The number of nitriles is 1. The van der Waals surface area contributed by atoms with Crippen LogP contribution in [-0.4, -0.2) is 19.1 Å². The van der Waals surface area contributed by atoms with Crippen molar-refractivity contribution in [1.82, 2.24) is 5.32 Å². The molecule has 4 nitrogen and oxygen atoms in total. The number of ether oxygens (including phenoxy) is 1. The summed E-state index contributed by atoms with van der Waals surface area (Å²) in [5.74, 6) is 0.714. The summed E-state index contributed by atoms with van der Waals surface area (Å²) >= 11 is 0. The van der Waals surface area contributed by atoms with Crippen LogP contribution in [0.1, 0.15) is 57.5 Å². The number of nitrogens with one attached hydrogen (secondary N) is 1. The van der Waals surface area contributed by atoms with Gasteiger partial charge in [0, 0.05) is 14.3 Å². The summed E-state index contributed by atoms with van der Waals surface area (Å²) in [4.78, 5) is 12.3. The van der Waals surface area contributed by atoms with Crippen molar-refractivity contribution in [2.45, 2.75) is 50.5 Å². The van der Waals surface area contributed by atoms with Crippen LogP contribution >= 0.6 is 0 Å². The lowest BCUT2D eigenvalue weighted by Crippen LogP contribution is -2.50. The summed E-state index contributed by atoms with van der Waals surface area (Å²) in [6, 6.07) is 9.70. The Hall–Kier alpha value is -1.86. The van der Waals surface area contributed by atoms with E-state index >= 15 is 0 Å². The van der Waals surface area contributed by atoms with Crippen molar-refractivity contribution in [3.63, 3.8) is 0 Å². The van der Waals surface area contributed by atoms with Crippen molar-refractivity contribution in [3.8, 4) is 6.07 Å². The summed E-state index contributed by atoms with van der Waals surface area (Å²) in [5.41, 5.74) is 1.80. The van der Waals surface area contributed by atoms with Gasteiger partial charge in [0.05, 0.1) is 24.8 Å². The summed E-state index contributed by atoms with van der Waals surface area (Å²) in [6.45, 7) is 1.20. The number of carbonyl (C=O) groups is 1. The van der Waals surface area contributed by atoms with Gasteiger partial charge in [-0.2, -0.15) is 5.26 Å². The molecule has 3 aliphatic rings. The predicted octanol–water partition coefficient (Wildman–Crippen LogP) is 3.51. The normalized spacial score (nSPS) is 27.5. The molecule has 1 spiro atoms. The molecule has 4 rings (SSSR count). The van der Waals surface area contributed by atoms with Gasteiger partial charge in [0.15, 0.2) is 0 Å². The Labute approximate surface area is 144 Å². The molecule has 1 aromatic rings. The Morgan fingerprint density at radius 3 is 2.75 bits per heavy atom. The van der Waals surface area contributed by atoms with Crippen LogP contribution in [-0.2, 0) is 15.1 Å². The van der Waals surface area contributed by atoms with Gasteiger partial charge in [-0.05, 0) is 54.7 Å². The second-order valence-electron chi connectivity index (χ2n) is 7.89. The lowest BCUT2D eigenvalue weighted by Gasteiger charge is -2.54. The van der Waals surface area contributed by atoms with Crippen LogP contribution in [0, 0.1) is 22.7 Å². The van der Waals surface area contributed by atoms with Crippen LogP contribution in [0.15, 0.2) is 24.3 Å². The van der Waals surface area contributed by atoms with Crippen molar-refractivity contribution in [2.24, 2.45) is 11.3 Å². The highest BCUT2D eigenvalue weighted by Crippen LogP contribution is 2.59. The van der Waals surface area contributed by atoms with E-state index in [2.05, 4.69) is 11.4 Å². The molecule has 2 saturated carbocycles. The van der Waals surface area contributed by atoms with E-state index in [-0.39, 0.29) is 7.33 Å². The zero-order valence-electron chi connectivity index (χ0n) is 14.0. The van der Waals surface area contributed by atoms with Crippen LogP contribution in [0.4, 0.5) is 0 Å². The minimum atomic E-state index is -0.447. The second-order valence-corrected chi connectivity index (χ2v) is 7.89. The molecule has 0 aromatic heterocycles. The second kappa shape index (κ2) is 5.89. The Balaban J connectivity index is 0.00000182. The first-order valence-electron chi connectivity index (χ1n) is 9.05. The zero-order chi connectivity index (χ0) is 16.6. The van der Waals surface area contributed by atoms with Crippen LogP contribution in [0.5, 0.6) is 0 Å². The average Bonchev–Trinajstić information content (AvgIpc) is 2.47. The fourth-order valence-corrected chi connectivity index (χ4v) is 4.66. The summed E-state index contributed by atoms with van der Waals surface area (Å²) in [7, 11) is 0. The number of carbonyl (C=O) groups excluding carboxylic acids is 1.